The lowest BCUT2D eigenvalue weighted by atomic mass is 9.89. The number of likely N-dealkylation sites (N-methyl/N-ethyl adjacent to an activating group) is 1. The highest BCUT2D eigenvalue weighted by Crippen LogP contribution is 2.37. The van der Waals surface area contributed by atoms with Gasteiger partial charge in [-0.15, -0.1) is 12.4 Å². The van der Waals surface area contributed by atoms with Crippen LogP contribution in [0.2, 0.25) is 0 Å². The number of rotatable bonds is 9. The van der Waals surface area contributed by atoms with Gasteiger partial charge in [-0.25, -0.2) is 0 Å². The zero-order valence-electron chi connectivity index (χ0n) is 19.4. The van der Waals surface area contributed by atoms with E-state index in [9.17, 15) is 5.11 Å². The van der Waals surface area contributed by atoms with Crippen LogP contribution in [-0.4, -0.2) is 50.0 Å². The number of ether oxygens (including phenoxy) is 2. The van der Waals surface area contributed by atoms with E-state index in [2.05, 4.69) is 55.3 Å². The summed E-state index contributed by atoms with van der Waals surface area (Å²) in [6.07, 6.45) is 6.32. The highest BCUT2D eigenvalue weighted by molar-refractivity contribution is 5.85. The van der Waals surface area contributed by atoms with E-state index < -0.39 is 5.60 Å². The lowest BCUT2D eigenvalue weighted by molar-refractivity contribution is 0.0135. The Kier molecular flexibility index (Phi) is 9.67. The van der Waals surface area contributed by atoms with Gasteiger partial charge >= 0.3 is 0 Å². The average Bonchev–Trinajstić information content (AvgIpc) is 2.90. The Hall–Kier alpha value is -1.75. The van der Waals surface area contributed by atoms with Crippen molar-refractivity contribution in [3.8, 4) is 11.5 Å². The van der Waals surface area contributed by atoms with E-state index in [1.807, 2.05) is 0 Å². The molecule has 3 rings (SSSR count). The molecule has 1 N–H and O–H groups in total. The first-order valence-electron chi connectivity index (χ1n) is 11.1. The van der Waals surface area contributed by atoms with Gasteiger partial charge in [0.25, 0.3) is 0 Å². The summed E-state index contributed by atoms with van der Waals surface area (Å²) >= 11 is 0. The Bertz CT molecular complexity index is 804. The number of benzene rings is 2. The molecule has 0 spiro atoms. The van der Waals surface area contributed by atoms with Gasteiger partial charge < -0.3 is 19.5 Å². The van der Waals surface area contributed by atoms with Crippen LogP contribution < -0.4 is 9.47 Å². The van der Waals surface area contributed by atoms with Crippen molar-refractivity contribution in [1.29, 1.82) is 0 Å². The van der Waals surface area contributed by atoms with E-state index in [-0.39, 0.29) is 12.4 Å². The molecule has 31 heavy (non-hydrogen) atoms. The number of fused-ring (bicyclic) bond motifs is 1. The molecule has 2 aromatic carbocycles. The molecular weight excluding hydrogens is 410 g/mol. The van der Waals surface area contributed by atoms with Crippen molar-refractivity contribution < 1.29 is 14.6 Å². The molecule has 0 saturated carbocycles. The average molecular weight is 448 g/mol. The third-order valence-electron chi connectivity index (χ3n) is 6.47. The summed E-state index contributed by atoms with van der Waals surface area (Å²) in [6, 6.07) is 12.9. The quantitative estimate of drug-likeness (QED) is 0.549. The van der Waals surface area contributed by atoms with E-state index in [0.717, 1.165) is 69.5 Å². The highest BCUT2D eigenvalue weighted by Gasteiger charge is 2.30. The molecular formula is C26H38ClNO3. The van der Waals surface area contributed by atoms with Gasteiger partial charge in [-0.1, -0.05) is 29.8 Å². The number of nitrogens with zero attached hydrogens (tertiary/aromatic N) is 1. The smallest absolute Gasteiger partial charge is 0.161 e. The van der Waals surface area contributed by atoms with Crippen LogP contribution in [0.3, 0.4) is 0 Å². The van der Waals surface area contributed by atoms with Crippen molar-refractivity contribution in [2.75, 3.05) is 34.4 Å². The van der Waals surface area contributed by atoms with Crippen molar-refractivity contribution in [2.45, 2.75) is 57.5 Å². The van der Waals surface area contributed by atoms with E-state index >= 15 is 0 Å². The van der Waals surface area contributed by atoms with Gasteiger partial charge in [0.05, 0.1) is 19.8 Å². The summed E-state index contributed by atoms with van der Waals surface area (Å²) < 4.78 is 10.9. The minimum absolute atomic E-state index is 0. The Morgan fingerprint density at radius 1 is 0.968 bits per heavy atom. The van der Waals surface area contributed by atoms with Gasteiger partial charge in [-0.2, -0.15) is 0 Å². The standard InChI is InChI=1S/C26H37NO3.ClH/c1-20-7-5-8-21(17-20)11-16-27(2)15-6-12-26(28)13-9-22-18-24(29-3)25(30-4)19-23(22)10-14-26;/h5,7-8,17-19,28H,6,9-16H2,1-4H3;1H. The fourth-order valence-electron chi connectivity index (χ4n) is 4.52. The SMILES string of the molecule is COc1cc2c(cc1OC)CCC(O)(CCCN(C)CCc1cccc(C)c1)CC2.Cl. The van der Waals surface area contributed by atoms with Crippen molar-refractivity contribution in [3.63, 3.8) is 0 Å². The molecule has 0 unspecified atom stereocenters. The molecule has 0 heterocycles. The minimum Gasteiger partial charge on any atom is -0.493 e. The molecule has 0 amide bonds. The van der Waals surface area contributed by atoms with Crippen LogP contribution in [0.4, 0.5) is 0 Å². The van der Waals surface area contributed by atoms with E-state index in [1.54, 1.807) is 14.2 Å². The van der Waals surface area contributed by atoms with Gasteiger partial charge in [0.2, 0.25) is 0 Å². The van der Waals surface area contributed by atoms with Gasteiger partial charge in [-0.3, -0.25) is 0 Å². The molecule has 5 heteroatoms. The first kappa shape index (κ1) is 25.5. The Labute approximate surface area is 194 Å². The highest BCUT2D eigenvalue weighted by atomic mass is 35.5. The molecule has 172 valence electrons. The lowest BCUT2D eigenvalue weighted by Crippen LogP contribution is -2.31. The van der Waals surface area contributed by atoms with E-state index in [4.69, 9.17) is 9.47 Å². The predicted molar refractivity (Wildman–Crippen MR) is 130 cm³/mol. The number of hydrogen-bond donors (Lipinski definition) is 1. The fraction of sp³-hybridized carbons (Fsp3) is 0.538. The zero-order valence-corrected chi connectivity index (χ0v) is 20.3. The van der Waals surface area contributed by atoms with E-state index in [1.165, 1.54) is 22.3 Å². The van der Waals surface area contributed by atoms with Crippen LogP contribution in [0.5, 0.6) is 11.5 Å². The van der Waals surface area contributed by atoms with Crippen LogP contribution in [-0.2, 0) is 19.3 Å². The van der Waals surface area contributed by atoms with Crippen molar-refractivity contribution in [2.24, 2.45) is 0 Å². The summed E-state index contributed by atoms with van der Waals surface area (Å²) in [6.45, 7) is 4.21. The Morgan fingerprint density at radius 2 is 1.58 bits per heavy atom. The first-order valence-corrected chi connectivity index (χ1v) is 11.1. The van der Waals surface area contributed by atoms with Crippen LogP contribution in [0.1, 0.15) is 47.9 Å². The summed E-state index contributed by atoms with van der Waals surface area (Å²) in [7, 11) is 5.53. The number of halogens is 1. The maximum absolute atomic E-state index is 11.2. The maximum Gasteiger partial charge on any atom is 0.161 e. The van der Waals surface area contributed by atoms with Crippen molar-refractivity contribution in [3.05, 3.63) is 58.7 Å². The summed E-state index contributed by atoms with van der Waals surface area (Å²) in [5.74, 6) is 1.55. The maximum atomic E-state index is 11.2. The Morgan fingerprint density at radius 3 is 2.13 bits per heavy atom. The molecule has 1 aliphatic rings. The molecule has 4 nitrogen and oxygen atoms in total. The van der Waals surface area contributed by atoms with Crippen LogP contribution in [0.25, 0.3) is 0 Å². The fourth-order valence-corrected chi connectivity index (χ4v) is 4.52. The summed E-state index contributed by atoms with van der Waals surface area (Å²) in [5, 5.41) is 11.2. The number of methoxy groups -OCH3 is 2. The molecule has 0 radical (unpaired) electrons. The topological polar surface area (TPSA) is 41.9 Å². The van der Waals surface area contributed by atoms with Gasteiger partial charge in [0.1, 0.15) is 0 Å². The molecule has 0 atom stereocenters. The third-order valence-corrected chi connectivity index (χ3v) is 6.47. The number of aliphatic hydroxyl groups is 1. The number of hydrogen-bond acceptors (Lipinski definition) is 4. The van der Waals surface area contributed by atoms with Crippen LogP contribution in [0, 0.1) is 6.92 Å². The molecule has 0 bridgehead atoms. The Balaban J connectivity index is 0.00000341. The minimum atomic E-state index is -0.586. The second kappa shape index (κ2) is 11.8. The lowest BCUT2D eigenvalue weighted by Gasteiger charge is -2.27. The van der Waals surface area contributed by atoms with Gasteiger partial charge in [0, 0.05) is 6.54 Å². The molecule has 0 aliphatic heterocycles. The van der Waals surface area contributed by atoms with Crippen molar-refractivity contribution in [1.82, 2.24) is 4.90 Å². The van der Waals surface area contributed by atoms with Gasteiger partial charge in [-0.05, 0) is 94.3 Å². The molecule has 1 aliphatic carbocycles. The molecule has 0 fully saturated rings. The zero-order chi connectivity index (χ0) is 21.6. The molecule has 2 aromatic rings. The monoisotopic (exact) mass is 447 g/mol. The second-order valence-corrected chi connectivity index (χ2v) is 8.85. The first-order chi connectivity index (χ1) is 14.4. The van der Waals surface area contributed by atoms with Crippen LogP contribution >= 0.6 is 12.4 Å². The summed E-state index contributed by atoms with van der Waals surface area (Å²) in [4.78, 5) is 2.38. The van der Waals surface area contributed by atoms with Crippen molar-refractivity contribution >= 4 is 12.4 Å². The molecule has 0 aromatic heterocycles. The summed E-state index contributed by atoms with van der Waals surface area (Å²) in [5.41, 5.74) is 4.68. The normalized spacial score (nSPS) is 15.0. The van der Waals surface area contributed by atoms with E-state index in [0.29, 0.717) is 0 Å². The largest absolute Gasteiger partial charge is 0.493 e. The second-order valence-electron chi connectivity index (χ2n) is 8.85. The third kappa shape index (κ3) is 7.13. The molecule has 0 saturated heterocycles. The van der Waals surface area contributed by atoms with Crippen LogP contribution in [0.15, 0.2) is 36.4 Å². The predicted octanol–water partition coefficient (Wildman–Crippen LogP) is 5.00. The number of aryl methyl sites for hydroxylation is 3. The van der Waals surface area contributed by atoms with Gasteiger partial charge in [0.15, 0.2) is 11.5 Å².